The van der Waals surface area contributed by atoms with E-state index in [0.29, 0.717) is 6.54 Å². The summed E-state index contributed by atoms with van der Waals surface area (Å²) < 4.78 is 2.17. The summed E-state index contributed by atoms with van der Waals surface area (Å²) in [5, 5.41) is 14.9. The molecule has 17 heavy (non-hydrogen) atoms. The Balaban J connectivity index is 1.71. The zero-order chi connectivity index (χ0) is 11.5. The molecule has 0 saturated carbocycles. The number of aromatic nitrogens is 4. The smallest absolute Gasteiger partial charge is 0.152 e. The van der Waals surface area contributed by atoms with E-state index in [1.807, 2.05) is 12.1 Å². The topological polar surface area (TPSA) is 67.7 Å². The number of fused-ring (bicyclic) bond motifs is 1. The number of rotatable bonds is 3. The normalized spacial score (nSPS) is 14.4. The van der Waals surface area contributed by atoms with Crippen LogP contribution >= 0.6 is 0 Å². The molecule has 0 aromatic carbocycles. The third-order valence-electron chi connectivity index (χ3n) is 2.81. The highest BCUT2D eigenvalue weighted by molar-refractivity contribution is 5.39. The highest BCUT2D eigenvalue weighted by Gasteiger charge is 2.14. The van der Waals surface area contributed by atoms with Gasteiger partial charge in [0.2, 0.25) is 0 Å². The van der Waals surface area contributed by atoms with Crippen molar-refractivity contribution in [2.45, 2.75) is 19.6 Å². The zero-order valence-electron chi connectivity index (χ0n) is 9.43. The van der Waals surface area contributed by atoms with Gasteiger partial charge in [-0.3, -0.25) is 4.98 Å². The molecule has 2 aromatic rings. The van der Waals surface area contributed by atoms with Crippen LogP contribution < -0.4 is 10.6 Å². The Morgan fingerprint density at radius 1 is 1.41 bits per heavy atom. The van der Waals surface area contributed by atoms with E-state index >= 15 is 0 Å². The molecule has 0 spiro atoms. The number of nitrogens with one attached hydrogen (secondary N) is 2. The summed E-state index contributed by atoms with van der Waals surface area (Å²) in [6.07, 6.45) is 3.56. The van der Waals surface area contributed by atoms with Crippen LogP contribution in [0, 0.1) is 0 Å². The first-order valence-electron chi connectivity index (χ1n) is 5.69. The number of hydrogen-bond acceptors (Lipinski definition) is 5. The van der Waals surface area contributed by atoms with E-state index in [0.717, 1.165) is 37.0 Å². The average molecular weight is 230 g/mol. The number of hydrogen-bond donors (Lipinski definition) is 2. The first-order valence-corrected chi connectivity index (χ1v) is 5.69. The molecule has 3 rings (SSSR count). The molecule has 6 nitrogen and oxygen atoms in total. The fourth-order valence-electron chi connectivity index (χ4n) is 1.93. The van der Waals surface area contributed by atoms with E-state index in [4.69, 9.17) is 0 Å². The van der Waals surface area contributed by atoms with Crippen LogP contribution in [0.15, 0.2) is 24.5 Å². The Bertz CT molecular complexity index is 492. The van der Waals surface area contributed by atoms with Crippen LogP contribution in [0.2, 0.25) is 0 Å². The molecule has 0 radical (unpaired) electrons. The summed E-state index contributed by atoms with van der Waals surface area (Å²) in [6, 6.07) is 3.90. The second kappa shape index (κ2) is 4.50. The summed E-state index contributed by atoms with van der Waals surface area (Å²) in [4.78, 5) is 4.06. The first-order chi connectivity index (χ1) is 8.43. The minimum atomic E-state index is 0.679. The fourth-order valence-corrected chi connectivity index (χ4v) is 1.93. The molecule has 0 fully saturated rings. The van der Waals surface area contributed by atoms with Crippen molar-refractivity contribution in [1.82, 2.24) is 25.1 Å². The van der Waals surface area contributed by atoms with Crippen LogP contribution in [-0.2, 0) is 19.6 Å². The zero-order valence-corrected chi connectivity index (χ0v) is 9.43. The van der Waals surface area contributed by atoms with Crippen LogP contribution in [0.5, 0.6) is 0 Å². The summed E-state index contributed by atoms with van der Waals surface area (Å²) in [5.41, 5.74) is 0.999. The van der Waals surface area contributed by atoms with Gasteiger partial charge in [-0.25, -0.2) is 0 Å². The molecule has 2 N–H and O–H groups in total. The van der Waals surface area contributed by atoms with Gasteiger partial charge in [-0.05, 0) is 12.1 Å². The predicted octanol–water partition coefficient (Wildman–Crippen LogP) is 0.388. The van der Waals surface area contributed by atoms with E-state index in [-0.39, 0.29) is 0 Å². The van der Waals surface area contributed by atoms with Gasteiger partial charge < -0.3 is 15.2 Å². The third kappa shape index (κ3) is 2.12. The molecule has 1 aliphatic rings. The van der Waals surface area contributed by atoms with Crippen molar-refractivity contribution in [2.75, 3.05) is 11.9 Å². The quantitative estimate of drug-likeness (QED) is 0.798. The van der Waals surface area contributed by atoms with Crippen molar-refractivity contribution in [3.8, 4) is 0 Å². The SMILES string of the molecule is c1cncc(NCc2nnc3n2CCNC3)c1. The molecule has 3 heterocycles. The molecule has 0 bridgehead atoms. The van der Waals surface area contributed by atoms with Crippen LogP contribution in [0.1, 0.15) is 11.6 Å². The number of nitrogens with zero attached hydrogens (tertiary/aromatic N) is 4. The van der Waals surface area contributed by atoms with Gasteiger partial charge in [-0.15, -0.1) is 10.2 Å². The number of anilines is 1. The second-order valence-electron chi connectivity index (χ2n) is 3.96. The molecule has 2 aromatic heterocycles. The maximum atomic E-state index is 4.20. The molecular weight excluding hydrogens is 216 g/mol. The van der Waals surface area contributed by atoms with E-state index < -0.39 is 0 Å². The van der Waals surface area contributed by atoms with E-state index in [9.17, 15) is 0 Å². The minimum absolute atomic E-state index is 0.679. The first kappa shape index (κ1) is 10.2. The molecule has 6 heteroatoms. The van der Waals surface area contributed by atoms with Crippen molar-refractivity contribution in [3.63, 3.8) is 0 Å². The van der Waals surface area contributed by atoms with Crippen LogP contribution in [0.25, 0.3) is 0 Å². The van der Waals surface area contributed by atoms with Gasteiger partial charge in [0.25, 0.3) is 0 Å². The van der Waals surface area contributed by atoms with E-state index in [1.165, 1.54) is 0 Å². The lowest BCUT2D eigenvalue weighted by atomic mass is 10.4. The standard InChI is InChI=1S/C11H14N6/c1-2-9(6-12-3-1)14-8-11-16-15-10-7-13-4-5-17(10)11/h1-3,6,13-14H,4-5,7-8H2. The summed E-state index contributed by atoms with van der Waals surface area (Å²) in [5.74, 6) is 1.99. The Kier molecular flexibility index (Phi) is 2.71. The summed E-state index contributed by atoms with van der Waals surface area (Å²) in [7, 11) is 0. The van der Waals surface area contributed by atoms with Gasteiger partial charge in [0.1, 0.15) is 5.82 Å². The number of pyridine rings is 1. The van der Waals surface area contributed by atoms with Gasteiger partial charge in [-0.2, -0.15) is 0 Å². The lowest BCUT2D eigenvalue weighted by molar-refractivity contribution is 0.495. The Labute approximate surface area is 99.1 Å². The molecule has 0 amide bonds. The van der Waals surface area contributed by atoms with Crippen molar-refractivity contribution >= 4 is 5.69 Å². The van der Waals surface area contributed by atoms with Crippen LogP contribution in [0.3, 0.4) is 0 Å². The molecule has 0 atom stereocenters. The summed E-state index contributed by atoms with van der Waals surface area (Å²) >= 11 is 0. The van der Waals surface area contributed by atoms with Crippen molar-refractivity contribution in [1.29, 1.82) is 0 Å². The Morgan fingerprint density at radius 3 is 3.29 bits per heavy atom. The Morgan fingerprint density at radius 2 is 2.41 bits per heavy atom. The maximum Gasteiger partial charge on any atom is 0.152 e. The molecule has 0 aliphatic carbocycles. The highest BCUT2D eigenvalue weighted by Crippen LogP contribution is 2.09. The van der Waals surface area contributed by atoms with Crippen molar-refractivity contribution < 1.29 is 0 Å². The average Bonchev–Trinajstić information content (AvgIpc) is 2.81. The molecule has 88 valence electrons. The molecular formula is C11H14N6. The lowest BCUT2D eigenvalue weighted by Gasteiger charge is -2.16. The third-order valence-corrected chi connectivity index (χ3v) is 2.81. The van der Waals surface area contributed by atoms with Gasteiger partial charge in [-0.1, -0.05) is 0 Å². The molecule has 1 aliphatic heterocycles. The van der Waals surface area contributed by atoms with Crippen LogP contribution in [-0.4, -0.2) is 26.3 Å². The maximum absolute atomic E-state index is 4.20. The van der Waals surface area contributed by atoms with Gasteiger partial charge in [0, 0.05) is 25.5 Å². The minimum Gasteiger partial charge on any atom is -0.376 e. The highest BCUT2D eigenvalue weighted by atomic mass is 15.3. The van der Waals surface area contributed by atoms with E-state index in [2.05, 4.69) is 30.4 Å². The van der Waals surface area contributed by atoms with Crippen molar-refractivity contribution in [2.24, 2.45) is 0 Å². The Hall–Kier alpha value is -1.95. The molecule has 0 saturated heterocycles. The van der Waals surface area contributed by atoms with Crippen molar-refractivity contribution in [3.05, 3.63) is 36.2 Å². The fraction of sp³-hybridized carbons (Fsp3) is 0.364. The van der Waals surface area contributed by atoms with Gasteiger partial charge in [0.15, 0.2) is 5.82 Å². The predicted molar refractivity (Wildman–Crippen MR) is 63.3 cm³/mol. The van der Waals surface area contributed by atoms with E-state index in [1.54, 1.807) is 12.4 Å². The van der Waals surface area contributed by atoms with Gasteiger partial charge in [0.05, 0.1) is 18.8 Å². The van der Waals surface area contributed by atoms with Gasteiger partial charge >= 0.3 is 0 Å². The lowest BCUT2D eigenvalue weighted by Crippen LogP contribution is -2.29. The summed E-state index contributed by atoms with van der Waals surface area (Å²) in [6.45, 7) is 3.40. The second-order valence-corrected chi connectivity index (χ2v) is 3.96. The monoisotopic (exact) mass is 230 g/mol. The largest absolute Gasteiger partial charge is 0.376 e. The van der Waals surface area contributed by atoms with Crippen LogP contribution in [0.4, 0.5) is 5.69 Å². The molecule has 0 unspecified atom stereocenters.